The smallest absolute Gasteiger partial charge is 0.243 e. The fraction of sp³-hybridized carbons (Fsp3) is 0.440. The van der Waals surface area contributed by atoms with Gasteiger partial charge in [0.15, 0.2) is 0 Å². The van der Waals surface area contributed by atoms with Gasteiger partial charge < -0.3 is 15.0 Å². The van der Waals surface area contributed by atoms with Crippen molar-refractivity contribution in [3.63, 3.8) is 0 Å². The van der Waals surface area contributed by atoms with E-state index in [1.165, 1.54) is 11.8 Å². The van der Waals surface area contributed by atoms with Gasteiger partial charge in [-0.1, -0.05) is 48.3 Å². The van der Waals surface area contributed by atoms with Crippen molar-refractivity contribution in [3.8, 4) is 5.75 Å². The van der Waals surface area contributed by atoms with E-state index in [-0.39, 0.29) is 24.1 Å². The molecule has 2 rings (SSSR count). The summed E-state index contributed by atoms with van der Waals surface area (Å²) in [6.45, 7) is 7.90. The van der Waals surface area contributed by atoms with Crippen molar-refractivity contribution < 1.29 is 14.3 Å². The molecule has 2 aromatic rings. The van der Waals surface area contributed by atoms with E-state index in [0.717, 1.165) is 16.9 Å². The minimum Gasteiger partial charge on any atom is -0.497 e. The fourth-order valence-electron chi connectivity index (χ4n) is 3.27. The molecule has 1 N–H and O–H groups in total. The predicted molar refractivity (Wildman–Crippen MR) is 138 cm³/mol. The van der Waals surface area contributed by atoms with E-state index in [1.807, 2.05) is 52.0 Å². The lowest BCUT2D eigenvalue weighted by molar-refractivity contribution is -0.140. The Labute approximate surface area is 211 Å². The second-order valence-corrected chi connectivity index (χ2v) is 10.6. The standard InChI is InChI=1S/C25H32Cl2N2O3S/c1-6-22(24(31)28-25(2,3)4)29(14-18-9-10-19(26)13-21(18)27)23(30)16-33-15-17-7-11-20(32-5)12-8-17/h7-13,22H,6,14-16H2,1-5H3,(H,28,31). The molecule has 33 heavy (non-hydrogen) atoms. The van der Waals surface area contributed by atoms with E-state index in [1.54, 1.807) is 30.2 Å². The number of thioether (sulfide) groups is 1. The Hall–Kier alpha value is -1.89. The van der Waals surface area contributed by atoms with Crippen LogP contribution in [0, 0.1) is 0 Å². The fourth-order valence-corrected chi connectivity index (χ4v) is 4.61. The Kier molecular flexibility index (Phi) is 10.4. The molecule has 0 bridgehead atoms. The summed E-state index contributed by atoms with van der Waals surface area (Å²) in [4.78, 5) is 28.0. The van der Waals surface area contributed by atoms with Gasteiger partial charge in [-0.2, -0.15) is 0 Å². The number of carbonyl (C=O) groups is 2. The van der Waals surface area contributed by atoms with Crippen molar-refractivity contribution in [1.29, 1.82) is 0 Å². The predicted octanol–water partition coefficient (Wildman–Crippen LogP) is 5.96. The molecule has 180 valence electrons. The van der Waals surface area contributed by atoms with Crippen molar-refractivity contribution >= 4 is 46.8 Å². The van der Waals surface area contributed by atoms with Crippen molar-refractivity contribution in [2.75, 3.05) is 12.9 Å². The highest BCUT2D eigenvalue weighted by atomic mass is 35.5. The van der Waals surface area contributed by atoms with Crippen LogP contribution < -0.4 is 10.1 Å². The van der Waals surface area contributed by atoms with Gasteiger partial charge in [0.05, 0.1) is 12.9 Å². The number of halogens is 2. The molecule has 0 aliphatic heterocycles. The van der Waals surface area contributed by atoms with E-state index in [2.05, 4.69) is 5.32 Å². The number of hydrogen-bond donors (Lipinski definition) is 1. The summed E-state index contributed by atoms with van der Waals surface area (Å²) in [6, 6.07) is 12.3. The molecule has 0 heterocycles. The second-order valence-electron chi connectivity index (χ2n) is 8.76. The summed E-state index contributed by atoms with van der Waals surface area (Å²) in [7, 11) is 1.63. The summed E-state index contributed by atoms with van der Waals surface area (Å²) >= 11 is 13.9. The third kappa shape index (κ3) is 8.76. The van der Waals surface area contributed by atoms with Crippen LogP contribution in [0.5, 0.6) is 5.75 Å². The van der Waals surface area contributed by atoms with E-state index in [4.69, 9.17) is 27.9 Å². The number of nitrogens with zero attached hydrogens (tertiary/aromatic N) is 1. The van der Waals surface area contributed by atoms with Crippen LogP contribution in [0.3, 0.4) is 0 Å². The quantitative estimate of drug-likeness (QED) is 0.428. The zero-order chi connectivity index (χ0) is 24.6. The molecule has 0 saturated carbocycles. The maximum Gasteiger partial charge on any atom is 0.243 e. The number of benzene rings is 2. The molecule has 2 amide bonds. The molecule has 0 aliphatic rings. The largest absolute Gasteiger partial charge is 0.497 e. The first kappa shape index (κ1) is 27.4. The molecule has 0 radical (unpaired) electrons. The molecule has 8 heteroatoms. The number of carbonyl (C=O) groups excluding carboxylic acids is 2. The van der Waals surface area contributed by atoms with Crippen molar-refractivity contribution in [2.45, 2.75) is 58.0 Å². The SMILES string of the molecule is CCC(C(=O)NC(C)(C)C)N(Cc1ccc(Cl)cc1Cl)C(=O)CSCc1ccc(OC)cc1. The first-order valence-corrected chi connectivity index (χ1v) is 12.7. The Balaban J connectivity index is 2.18. The molecule has 0 aromatic heterocycles. The number of amides is 2. The molecular formula is C25H32Cl2N2O3S. The van der Waals surface area contributed by atoms with Crippen LogP contribution in [0.4, 0.5) is 0 Å². The maximum absolute atomic E-state index is 13.3. The Bertz CT molecular complexity index is 946. The van der Waals surface area contributed by atoms with Crippen LogP contribution in [0.1, 0.15) is 45.2 Å². The summed E-state index contributed by atoms with van der Waals surface area (Å²) in [6.07, 6.45) is 0.488. The molecular weight excluding hydrogens is 479 g/mol. The number of ether oxygens (including phenoxy) is 1. The maximum atomic E-state index is 13.3. The highest BCUT2D eigenvalue weighted by Gasteiger charge is 2.30. The van der Waals surface area contributed by atoms with Gasteiger partial charge >= 0.3 is 0 Å². The van der Waals surface area contributed by atoms with Crippen LogP contribution in [-0.4, -0.2) is 41.2 Å². The zero-order valence-electron chi connectivity index (χ0n) is 19.8. The van der Waals surface area contributed by atoms with Crippen molar-refractivity contribution in [3.05, 3.63) is 63.6 Å². The Morgan fingerprint density at radius 2 is 1.79 bits per heavy atom. The number of rotatable bonds is 10. The minimum absolute atomic E-state index is 0.115. The van der Waals surface area contributed by atoms with Gasteiger partial charge in [0.25, 0.3) is 0 Å². The average molecular weight is 512 g/mol. The molecule has 0 spiro atoms. The molecule has 0 saturated heterocycles. The average Bonchev–Trinajstić information content (AvgIpc) is 2.74. The van der Waals surface area contributed by atoms with E-state index in [0.29, 0.717) is 22.2 Å². The van der Waals surface area contributed by atoms with Crippen LogP contribution in [0.2, 0.25) is 10.0 Å². The highest BCUT2D eigenvalue weighted by molar-refractivity contribution is 7.99. The lowest BCUT2D eigenvalue weighted by Crippen LogP contribution is -2.53. The first-order chi connectivity index (χ1) is 15.5. The van der Waals surface area contributed by atoms with Gasteiger partial charge in [-0.25, -0.2) is 0 Å². The van der Waals surface area contributed by atoms with Crippen molar-refractivity contribution in [1.82, 2.24) is 10.2 Å². The van der Waals surface area contributed by atoms with Gasteiger partial charge in [0, 0.05) is 27.9 Å². The molecule has 0 fully saturated rings. The van der Waals surface area contributed by atoms with Gasteiger partial charge in [0.2, 0.25) is 11.8 Å². The van der Waals surface area contributed by atoms with Gasteiger partial charge in [0.1, 0.15) is 11.8 Å². The number of hydrogen-bond acceptors (Lipinski definition) is 4. The molecule has 1 atom stereocenters. The lowest BCUT2D eigenvalue weighted by Gasteiger charge is -2.33. The summed E-state index contributed by atoms with van der Waals surface area (Å²) < 4.78 is 5.19. The van der Waals surface area contributed by atoms with Gasteiger partial charge in [-0.05, 0) is 62.6 Å². The summed E-state index contributed by atoms with van der Waals surface area (Å²) in [5, 5.41) is 3.99. The third-order valence-corrected chi connectivity index (χ3v) is 6.47. The summed E-state index contributed by atoms with van der Waals surface area (Å²) in [5.74, 6) is 1.42. The summed E-state index contributed by atoms with van der Waals surface area (Å²) in [5.41, 5.74) is 1.44. The highest BCUT2D eigenvalue weighted by Crippen LogP contribution is 2.25. The third-order valence-electron chi connectivity index (χ3n) is 4.89. The molecule has 1 unspecified atom stereocenters. The number of nitrogens with one attached hydrogen (secondary N) is 1. The first-order valence-electron chi connectivity index (χ1n) is 10.8. The van der Waals surface area contributed by atoms with Crippen LogP contribution >= 0.6 is 35.0 Å². The van der Waals surface area contributed by atoms with Crippen LogP contribution in [0.15, 0.2) is 42.5 Å². The van der Waals surface area contributed by atoms with Crippen LogP contribution in [0.25, 0.3) is 0 Å². The molecule has 0 aliphatic carbocycles. The number of methoxy groups -OCH3 is 1. The lowest BCUT2D eigenvalue weighted by atomic mass is 10.1. The topological polar surface area (TPSA) is 58.6 Å². The van der Waals surface area contributed by atoms with E-state index >= 15 is 0 Å². The second kappa shape index (κ2) is 12.5. The monoisotopic (exact) mass is 510 g/mol. The van der Waals surface area contributed by atoms with E-state index in [9.17, 15) is 9.59 Å². The van der Waals surface area contributed by atoms with Crippen molar-refractivity contribution in [2.24, 2.45) is 0 Å². The normalized spacial score (nSPS) is 12.2. The van der Waals surface area contributed by atoms with E-state index < -0.39 is 11.6 Å². The molecule has 5 nitrogen and oxygen atoms in total. The molecule has 2 aromatic carbocycles. The Morgan fingerprint density at radius 1 is 1.12 bits per heavy atom. The minimum atomic E-state index is -0.606. The van der Waals surface area contributed by atoms with Gasteiger partial charge in [-0.3, -0.25) is 9.59 Å². The Morgan fingerprint density at radius 3 is 2.33 bits per heavy atom. The van der Waals surface area contributed by atoms with Gasteiger partial charge in [-0.15, -0.1) is 11.8 Å². The zero-order valence-corrected chi connectivity index (χ0v) is 22.1. The van der Waals surface area contributed by atoms with Crippen LogP contribution in [-0.2, 0) is 21.9 Å².